The molecule has 14 heavy (non-hydrogen) atoms. The Morgan fingerprint density at radius 1 is 1.36 bits per heavy atom. The van der Waals surface area contributed by atoms with Crippen LogP contribution in [0, 0.1) is 6.92 Å². The van der Waals surface area contributed by atoms with Gasteiger partial charge in [0, 0.05) is 15.0 Å². The molecule has 0 atom stereocenters. The van der Waals surface area contributed by atoms with Gasteiger partial charge in [0.1, 0.15) is 0 Å². The third kappa shape index (κ3) is 2.69. The van der Waals surface area contributed by atoms with Crippen LogP contribution in [0.2, 0.25) is 0 Å². The van der Waals surface area contributed by atoms with Crippen molar-refractivity contribution in [2.75, 3.05) is 0 Å². The van der Waals surface area contributed by atoms with E-state index in [4.69, 9.17) is 5.11 Å². The Hall–Kier alpha value is -0.610. The number of halogens is 2. The lowest BCUT2D eigenvalue weighted by molar-refractivity contribution is -0.131. The van der Waals surface area contributed by atoms with E-state index < -0.39 is 5.97 Å². The van der Waals surface area contributed by atoms with Crippen molar-refractivity contribution in [3.05, 3.63) is 38.3 Å². The zero-order valence-electron chi connectivity index (χ0n) is 7.42. The molecular weight excluding hydrogens is 312 g/mol. The number of rotatable bonds is 2. The molecule has 0 bridgehead atoms. The lowest BCUT2D eigenvalue weighted by Crippen LogP contribution is -1.87. The highest BCUT2D eigenvalue weighted by Gasteiger charge is 2.03. The molecule has 0 aliphatic carbocycles. The standard InChI is InChI=1S/C10H8Br2O2/c1-6-2-3-7(4-5-8(13)14)10(12)9(6)11/h2-5H,1H3,(H,13,14)/b5-4+. The molecule has 4 heteroatoms. The summed E-state index contributed by atoms with van der Waals surface area (Å²) in [5.74, 6) is -0.950. The molecule has 0 saturated heterocycles. The maximum Gasteiger partial charge on any atom is 0.328 e. The second-order valence-corrected chi connectivity index (χ2v) is 4.36. The molecule has 0 amide bonds. The van der Waals surface area contributed by atoms with Crippen LogP contribution in [0.3, 0.4) is 0 Å². The predicted molar refractivity (Wildman–Crippen MR) is 63.2 cm³/mol. The third-order valence-corrected chi connectivity index (χ3v) is 4.12. The molecule has 2 nitrogen and oxygen atoms in total. The van der Waals surface area contributed by atoms with E-state index in [0.717, 1.165) is 26.1 Å². The second-order valence-electron chi connectivity index (χ2n) is 2.77. The lowest BCUT2D eigenvalue weighted by Gasteiger charge is -2.04. The SMILES string of the molecule is Cc1ccc(/C=C/C(=O)O)c(Br)c1Br. The van der Waals surface area contributed by atoms with Gasteiger partial charge in [-0.15, -0.1) is 0 Å². The van der Waals surface area contributed by atoms with Crippen LogP contribution in [0.1, 0.15) is 11.1 Å². The summed E-state index contributed by atoms with van der Waals surface area (Å²) >= 11 is 6.80. The Labute approximate surface area is 98.9 Å². The predicted octanol–water partition coefficient (Wildman–Crippen LogP) is 3.62. The van der Waals surface area contributed by atoms with Gasteiger partial charge in [-0.3, -0.25) is 0 Å². The van der Waals surface area contributed by atoms with Crippen molar-refractivity contribution in [1.82, 2.24) is 0 Å². The zero-order valence-corrected chi connectivity index (χ0v) is 10.6. The highest BCUT2D eigenvalue weighted by molar-refractivity contribution is 9.13. The quantitative estimate of drug-likeness (QED) is 0.845. The fourth-order valence-electron chi connectivity index (χ4n) is 0.951. The average Bonchev–Trinajstić information content (AvgIpc) is 2.13. The van der Waals surface area contributed by atoms with E-state index in [-0.39, 0.29) is 0 Å². The summed E-state index contributed by atoms with van der Waals surface area (Å²) in [7, 11) is 0. The number of aryl methyl sites for hydroxylation is 1. The number of carboxylic acids is 1. The summed E-state index contributed by atoms with van der Waals surface area (Å²) < 4.78 is 1.82. The Kier molecular flexibility index (Phi) is 3.89. The van der Waals surface area contributed by atoms with Crippen LogP contribution >= 0.6 is 31.9 Å². The van der Waals surface area contributed by atoms with E-state index >= 15 is 0 Å². The Bertz CT molecular complexity index is 397. The maximum absolute atomic E-state index is 10.3. The van der Waals surface area contributed by atoms with Gasteiger partial charge in [0.2, 0.25) is 0 Å². The van der Waals surface area contributed by atoms with E-state index in [9.17, 15) is 4.79 Å². The minimum absolute atomic E-state index is 0.838. The monoisotopic (exact) mass is 318 g/mol. The first-order valence-electron chi connectivity index (χ1n) is 3.88. The van der Waals surface area contributed by atoms with Gasteiger partial charge < -0.3 is 5.11 Å². The summed E-state index contributed by atoms with van der Waals surface area (Å²) in [6.07, 6.45) is 2.67. The largest absolute Gasteiger partial charge is 0.478 e. The van der Waals surface area contributed by atoms with Crippen LogP contribution in [0.4, 0.5) is 0 Å². The Balaban J connectivity index is 3.12. The van der Waals surface area contributed by atoms with Gasteiger partial charge in [-0.1, -0.05) is 12.1 Å². The first-order chi connectivity index (χ1) is 6.52. The minimum Gasteiger partial charge on any atom is -0.478 e. The van der Waals surface area contributed by atoms with Crippen LogP contribution in [-0.4, -0.2) is 11.1 Å². The highest BCUT2D eigenvalue weighted by Crippen LogP contribution is 2.30. The average molecular weight is 320 g/mol. The van der Waals surface area contributed by atoms with Crippen molar-refractivity contribution < 1.29 is 9.90 Å². The van der Waals surface area contributed by atoms with Crippen molar-refractivity contribution in [3.63, 3.8) is 0 Å². The van der Waals surface area contributed by atoms with E-state index in [0.29, 0.717) is 0 Å². The zero-order chi connectivity index (χ0) is 10.7. The van der Waals surface area contributed by atoms with Crippen LogP contribution in [0.15, 0.2) is 27.2 Å². The highest BCUT2D eigenvalue weighted by atomic mass is 79.9. The minimum atomic E-state index is -0.950. The number of hydrogen-bond donors (Lipinski definition) is 1. The molecule has 0 heterocycles. The third-order valence-electron chi connectivity index (χ3n) is 1.71. The van der Waals surface area contributed by atoms with Gasteiger partial charge in [-0.2, -0.15) is 0 Å². The van der Waals surface area contributed by atoms with Gasteiger partial charge >= 0.3 is 5.97 Å². The van der Waals surface area contributed by atoms with Crippen molar-refractivity contribution in [3.8, 4) is 0 Å². The number of hydrogen-bond acceptors (Lipinski definition) is 1. The van der Waals surface area contributed by atoms with Crippen LogP contribution in [-0.2, 0) is 4.79 Å². The summed E-state index contributed by atoms with van der Waals surface area (Å²) in [5.41, 5.74) is 1.94. The van der Waals surface area contributed by atoms with Crippen molar-refractivity contribution in [1.29, 1.82) is 0 Å². The molecule has 1 aromatic carbocycles. The summed E-state index contributed by atoms with van der Waals surface area (Å²) in [6, 6.07) is 3.79. The van der Waals surface area contributed by atoms with Crippen molar-refractivity contribution >= 4 is 43.9 Å². The van der Waals surface area contributed by atoms with E-state index in [1.165, 1.54) is 0 Å². The smallest absolute Gasteiger partial charge is 0.328 e. The van der Waals surface area contributed by atoms with Crippen LogP contribution in [0.25, 0.3) is 6.08 Å². The lowest BCUT2D eigenvalue weighted by atomic mass is 10.1. The molecule has 0 aliphatic heterocycles. The van der Waals surface area contributed by atoms with E-state index in [2.05, 4.69) is 31.9 Å². The molecule has 1 aromatic rings. The number of carbonyl (C=O) groups is 1. The second kappa shape index (κ2) is 4.75. The fourth-order valence-corrected chi connectivity index (χ4v) is 1.89. The molecule has 74 valence electrons. The van der Waals surface area contributed by atoms with E-state index in [1.807, 2.05) is 19.1 Å². The topological polar surface area (TPSA) is 37.3 Å². The van der Waals surface area contributed by atoms with Crippen LogP contribution < -0.4 is 0 Å². The van der Waals surface area contributed by atoms with Gasteiger partial charge in [0.15, 0.2) is 0 Å². The molecule has 0 radical (unpaired) electrons. The number of carboxylic acid groups (broad SMARTS) is 1. The molecule has 0 fully saturated rings. The summed E-state index contributed by atoms with van der Waals surface area (Å²) in [5, 5.41) is 8.48. The van der Waals surface area contributed by atoms with Gasteiger partial charge in [-0.25, -0.2) is 4.79 Å². The normalized spacial score (nSPS) is 10.8. The number of aliphatic carboxylic acids is 1. The van der Waals surface area contributed by atoms with Gasteiger partial charge in [0.25, 0.3) is 0 Å². The summed E-state index contributed by atoms with van der Waals surface area (Å²) in [6.45, 7) is 1.97. The van der Waals surface area contributed by atoms with Crippen molar-refractivity contribution in [2.45, 2.75) is 6.92 Å². The molecule has 0 aromatic heterocycles. The molecule has 0 spiro atoms. The molecule has 1 N–H and O–H groups in total. The Morgan fingerprint density at radius 2 is 2.00 bits per heavy atom. The first-order valence-corrected chi connectivity index (χ1v) is 5.46. The molecular formula is C10H8Br2O2. The van der Waals surface area contributed by atoms with E-state index in [1.54, 1.807) is 6.08 Å². The van der Waals surface area contributed by atoms with Gasteiger partial charge in [-0.05, 0) is 56.0 Å². The Morgan fingerprint density at radius 3 is 2.57 bits per heavy atom. The van der Waals surface area contributed by atoms with Gasteiger partial charge in [0.05, 0.1) is 0 Å². The van der Waals surface area contributed by atoms with Crippen LogP contribution in [0.5, 0.6) is 0 Å². The summed E-state index contributed by atoms with van der Waals surface area (Å²) in [4.78, 5) is 10.3. The molecule has 1 rings (SSSR count). The van der Waals surface area contributed by atoms with Crippen molar-refractivity contribution in [2.24, 2.45) is 0 Å². The molecule has 0 unspecified atom stereocenters. The fraction of sp³-hybridized carbons (Fsp3) is 0.100. The number of benzene rings is 1. The first kappa shape index (κ1) is 11.5. The molecule has 0 saturated carbocycles. The molecule has 0 aliphatic rings. The maximum atomic E-state index is 10.3.